The molecule has 0 aliphatic rings. The summed E-state index contributed by atoms with van der Waals surface area (Å²) < 4.78 is 5.94. The Hall–Kier alpha value is -4.52. The summed E-state index contributed by atoms with van der Waals surface area (Å²) in [4.78, 5) is 31.1. The number of carboxylic acid groups (broad SMARTS) is 1. The number of nitrogens with one attached hydrogen (secondary N) is 2. The van der Waals surface area contributed by atoms with Crippen molar-refractivity contribution in [1.82, 2.24) is 15.2 Å². The fraction of sp³-hybridized carbons (Fsp3) is 0.200. The van der Waals surface area contributed by atoms with E-state index < -0.39 is 11.6 Å². The molecule has 0 fully saturated rings. The first-order chi connectivity index (χ1) is 17.8. The summed E-state index contributed by atoms with van der Waals surface area (Å²) in [6.45, 7) is 3.50. The fourth-order valence-electron chi connectivity index (χ4n) is 4.85. The van der Waals surface area contributed by atoms with Crippen LogP contribution in [0.1, 0.15) is 36.8 Å². The number of fused-ring (bicyclic) bond motifs is 2. The quantitative estimate of drug-likeness (QED) is 0.236. The summed E-state index contributed by atoms with van der Waals surface area (Å²) in [5, 5.41) is 15.3. The molecule has 2 atom stereocenters. The first kappa shape index (κ1) is 24.2. The molecule has 37 heavy (non-hydrogen) atoms. The van der Waals surface area contributed by atoms with Crippen LogP contribution in [-0.4, -0.2) is 32.5 Å². The lowest BCUT2D eigenvalue weighted by Crippen LogP contribution is -2.59. The molecule has 0 bridgehead atoms. The highest BCUT2D eigenvalue weighted by atomic mass is 16.4. The van der Waals surface area contributed by atoms with Crippen LogP contribution in [0.25, 0.3) is 21.9 Å². The van der Waals surface area contributed by atoms with Crippen molar-refractivity contribution in [2.45, 2.75) is 38.4 Å². The van der Waals surface area contributed by atoms with E-state index in [1.54, 1.807) is 6.92 Å². The zero-order valence-corrected chi connectivity index (χ0v) is 20.8. The van der Waals surface area contributed by atoms with E-state index in [-0.39, 0.29) is 24.9 Å². The molecule has 0 saturated carbocycles. The van der Waals surface area contributed by atoms with Gasteiger partial charge in [-0.05, 0) is 43.2 Å². The largest absolute Gasteiger partial charge is 0.465 e. The zero-order chi connectivity index (χ0) is 26.0. The minimum Gasteiger partial charge on any atom is -0.465 e. The van der Waals surface area contributed by atoms with Gasteiger partial charge in [0.1, 0.15) is 16.9 Å². The van der Waals surface area contributed by atoms with E-state index in [1.807, 2.05) is 98.0 Å². The Bertz CT molecular complexity index is 1520. The molecule has 2 unspecified atom stereocenters. The van der Waals surface area contributed by atoms with Crippen LogP contribution in [0.4, 0.5) is 4.79 Å². The Morgan fingerprint density at radius 2 is 1.73 bits per heavy atom. The maximum absolute atomic E-state index is 14.0. The SMILES string of the molecule is CC(NC(=O)C(C)(Cc1c[nH]c2ccccc12)N(Cc1cc2ccccc2o1)C(=O)O)c1ccccc1. The van der Waals surface area contributed by atoms with Gasteiger partial charge in [-0.1, -0.05) is 66.7 Å². The summed E-state index contributed by atoms with van der Waals surface area (Å²) in [5.74, 6) is 0.0882. The van der Waals surface area contributed by atoms with Crippen molar-refractivity contribution >= 4 is 33.9 Å². The van der Waals surface area contributed by atoms with Gasteiger partial charge in [0.25, 0.3) is 0 Å². The molecule has 3 aromatic carbocycles. The van der Waals surface area contributed by atoms with Gasteiger partial charge in [0, 0.05) is 28.9 Å². The molecule has 0 aliphatic carbocycles. The van der Waals surface area contributed by atoms with E-state index in [4.69, 9.17) is 4.42 Å². The minimum atomic E-state index is -1.43. The molecule has 0 saturated heterocycles. The molecule has 0 spiro atoms. The molecule has 2 aromatic heterocycles. The van der Waals surface area contributed by atoms with Crippen molar-refractivity contribution in [2.24, 2.45) is 0 Å². The second kappa shape index (κ2) is 9.85. The monoisotopic (exact) mass is 495 g/mol. The number of carbonyl (C=O) groups is 2. The third-order valence-corrected chi connectivity index (χ3v) is 6.96. The lowest BCUT2D eigenvalue weighted by atomic mass is 9.89. The molecule has 3 N–H and O–H groups in total. The van der Waals surface area contributed by atoms with Gasteiger partial charge >= 0.3 is 6.09 Å². The Labute approximate surface area is 214 Å². The predicted molar refractivity (Wildman–Crippen MR) is 143 cm³/mol. The number of hydrogen-bond donors (Lipinski definition) is 3. The summed E-state index contributed by atoms with van der Waals surface area (Å²) in [6.07, 6.45) is 0.819. The first-order valence-electron chi connectivity index (χ1n) is 12.2. The molecule has 2 amide bonds. The number of aromatic amines is 1. The highest BCUT2D eigenvalue weighted by Gasteiger charge is 2.44. The normalized spacial score (nSPS) is 13.8. The number of nitrogens with zero attached hydrogens (tertiary/aromatic N) is 1. The summed E-state index contributed by atoms with van der Waals surface area (Å²) in [6, 6.07) is 26.4. The van der Waals surface area contributed by atoms with Gasteiger partial charge in [-0.15, -0.1) is 0 Å². The van der Waals surface area contributed by atoms with Crippen LogP contribution in [0.15, 0.2) is 95.5 Å². The van der Waals surface area contributed by atoms with Crippen LogP contribution in [0.3, 0.4) is 0 Å². The van der Waals surface area contributed by atoms with Crippen molar-refractivity contribution in [3.8, 4) is 0 Å². The van der Waals surface area contributed by atoms with Gasteiger partial charge in [0.2, 0.25) is 5.91 Å². The number of furan rings is 1. The average Bonchev–Trinajstić information content (AvgIpc) is 3.51. The number of benzene rings is 3. The van der Waals surface area contributed by atoms with Crippen LogP contribution in [0.2, 0.25) is 0 Å². The van der Waals surface area contributed by atoms with Crippen molar-refractivity contribution in [3.63, 3.8) is 0 Å². The van der Waals surface area contributed by atoms with E-state index in [1.165, 1.54) is 4.90 Å². The Morgan fingerprint density at radius 1 is 1.03 bits per heavy atom. The molecule has 0 radical (unpaired) electrons. The summed E-state index contributed by atoms with van der Waals surface area (Å²) in [5.41, 5.74) is 1.96. The van der Waals surface area contributed by atoms with E-state index in [2.05, 4.69) is 10.3 Å². The number of aromatic nitrogens is 1. The number of hydrogen-bond acceptors (Lipinski definition) is 3. The van der Waals surface area contributed by atoms with Gasteiger partial charge in [-0.25, -0.2) is 4.79 Å². The molecule has 2 heterocycles. The van der Waals surface area contributed by atoms with Gasteiger partial charge in [0.05, 0.1) is 12.6 Å². The number of rotatable bonds is 8. The molecule has 7 nitrogen and oxygen atoms in total. The lowest BCUT2D eigenvalue weighted by molar-refractivity contribution is -0.132. The first-order valence-corrected chi connectivity index (χ1v) is 12.2. The van der Waals surface area contributed by atoms with E-state index in [0.29, 0.717) is 11.3 Å². The third-order valence-electron chi connectivity index (χ3n) is 6.96. The van der Waals surface area contributed by atoms with Crippen molar-refractivity contribution < 1.29 is 19.1 Å². The van der Waals surface area contributed by atoms with E-state index in [0.717, 1.165) is 27.4 Å². The fourth-order valence-corrected chi connectivity index (χ4v) is 4.85. The minimum absolute atomic E-state index is 0.0734. The summed E-state index contributed by atoms with van der Waals surface area (Å²) in [7, 11) is 0. The smallest absolute Gasteiger partial charge is 0.408 e. The predicted octanol–water partition coefficient (Wildman–Crippen LogP) is 6.27. The molecule has 5 aromatic rings. The van der Waals surface area contributed by atoms with E-state index in [9.17, 15) is 14.7 Å². The van der Waals surface area contributed by atoms with Crippen molar-refractivity contribution in [2.75, 3.05) is 0 Å². The number of amides is 2. The Morgan fingerprint density at radius 3 is 2.49 bits per heavy atom. The van der Waals surface area contributed by atoms with Gasteiger partial charge in [0.15, 0.2) is 0 Å². The second-order valence-electron chi connectivity index (χ2n) is 9.54. The Kier molecular flexibility index (Phi) is 6.44. The average molecular weight is 496 g/mol. The standard InChI is InChI=1S/C30H29N3O4/c1-20(21-10-4-3-5-11-21)32-28(34)30(2,17-23-18-31-26-14-8-7-13-25(23)26)33(29(35)36)19-24-16-22-12-6-9-15-27(22)37-24/h3-16,18,20,31H,17,19H2,1-2H3,(H,32,34)(H,35,36). The third kappa shape index (κ3) is 4.80. The lowest BCUT2D eigenvalue weighted by Gasteiger charge is -2.38. The number of carbonyl (C=O) groups excluding carboxylic acids is 1. The van der Waals surface area contributed by atoms with Crippen LogP contribution in [0.5, 0.6) is 0 Å². The topological polar surface area (TPSA) is 98.6 Å². The van der Waals surface area contributed by atoms with Gasteiger partial charge in [-0.2, -0.15) is 0 Å². The van der Waals surface area contributed by atoms with Crippen LogP contribution < -0.4 is 5.32 Å². The van der Waals surface area contributed by atoms with Crippen LogP contribution in [0, 0.1) is 0 Å². The molecule has 188 valence electrons. The number of para-hydroxylation sites is 2. The molecular weight excluding hydrogens is 466 g/mol. The number of H-pyrrole nitrogens is 1. The molecular formula is C30H29N3O4. The maximum atomic E-state index is 14.0. The Balaban J connectivity index is 1.53. The molecule has 7 heteroatoms. The second-order valence-corrected chi connectivity index (χ2v) is 9.54. The molecule has 0 aliphatic heterocycles. The van der Waals surface area contributed by atoms with Gasteiger partial charge < -0.3 is 19.8 Å². The van der Waals surface area contributed by atoms with Crippen molar-refractivity contribution in [3.05, 3.63) is 108 Å². The van der Waals surface area contributed by atoms with Crippen LogP contribution >= 0.6 is 0 Å². The highest BCUT2D eigenvalue weighted by molar-refractivity contribution is 5.91. The van der Waals surface area contributed by atoms with Gasteiger partial charge in [-0.3, -0.25) is 9.69 Å². The van der Waals surface area contributed by atoms with Crippen LogP contribution in [-0.2, 0) is 17.8 Å². The summed E-state index contributed by atoms with van der Waals surface area (Å²) >= 11 is 0. The van der Waals surface area contributed by atoms with Crippen molar-refractivity contribution in [1.29, 1.82) is 0 Å². The zero-order valence-electron chi connectivity index (χ0n) is 20.8. The maximum Gasteiger partial charge on any atom is 0.408 e. The highest BCUT2D eigenvalue weighted by Crippen LogP contribution is 2.30. The molecule has 5 rings (SSSR count). The van der Waals surface area contributed by atoms with E-state index >= 15 is 0 Å².